The Kier molecular flexibility index (Phi) is 4.14. The van der Waals surface area contributed by atoms with Crippen molar-refractivity contribution in [3.05, 3.63) is 98.1 Å². The minimum atomic E-state index is -0.523. The molecule has 5 rings (SSSR count). The number of fused-ring (bicyclic) bond motifs is 2. The van der Waals surface area contributed by atoms with Crippen molar-refractivity contribution in [2.75, 3.05) is 11.4 Å². The third kappa shape index (κ3) is 2.61. The minimum Gasteiger partial charge on any atom is -0.304 e. The Labute approximate surface area is 173 Å². The van der Waals surface area contributed by atoms with Gasteiger partial charge in [0.2, 0.25) is 4.96 Å². The number of nitrogens with zero attached hydrogens (tertiary/aromatic N) is 4. The highest BCUT2D eigenvalue weighted by Gasteiger charge is 2.33. The van der Waals surface area contributed by atoms with Gasteiger partial charge in [-0.1, -0.05) is 65.9 Å². The second kappa shape index (κ2) is 6.85. The molecular formula is C22H14N4O3S. The summed E-state index contributed by atoms with van der Waals surface area (Å²) in [6.07, 6.45) is 1.63. The van der Waals surface area contributed by atoms with Crippen LogP contribution in [0.4, 0.5) is 5.69 Å². The lowest BCUT2D eigenvalue weighted by Crippen LogP contribution is -2.33. The van der Waals surface area contributed by atoms with Crippen LogP contribution in [0.2, 0.25) is 0 Å². The van der Waals surface area contributed by atoms with Gasteiger partial charge in [0.25, 0.3) is 11.5 Å². The Bertz CT molecular complexity index is 1510. The molecule has 7 nitrogen and oxygen atoms in total. The molecule has 4 aromatic rings. The highest BCUT2D eigenvalue weighted by molar-refractivity contribution is 7.15. The van der Waals surface area contributed by atoms with Crippen LogP contribution in [-0.2, 0) is 4.79 Å². The van der Waals surface area contributed by atoms with Crippen molar-refractivity contribution < 1.29 is 4.79 Å². The summed E-state index contributed by atoms with van der Waals surface area (Å²) in [6, 6.07) is 16.1. The minimum absolute atomic E-state index is 0.0889. The van der Waals surface area contributed by atoms with E-state index in [0.29, 0.717) is 23.2 Å². The molecule has 3 heterocycles. The summed E-state index contributed by atoms with van der Waals surface area (Å²) >= 11 is 0.993. The molecule has 0 N–H and O–H groups in total. The molecule has 0 aliphatic carbocycles. The van der Waals surface area contributed by atoms with Crippen molar-refractivity contribution >= 4 is 33.5 Å². The summed E-state index contributed by atoms with van der Waals surface area (Å²) in [5.41, 5.74) is 1.34. The number of thiazole rings is 1. The Morgan fingerprint density at radius 2 is 1.73 bits per heavy atom. The molecule has 0 radical (unpaired) electrons. The lowest BCUT2D eigenvalue weighted by atomic mass is 10.1. The van der Waals surface area contributed by atoms with Gasteiger partial charge in [-0.2, -0.15) is 14.6 Å². The van der Waals surface area contributed by atoms with Gasteiger partial charge in [0.1, 0.15) is 4.53 Å². The fourth-order valence-electron chi connectivity index (χ4n) is 3.55. The van der Waals surface area contributed by atoms with Crippen LogP contribution in [0.1, 0.15) is 5.56 Å². The number of hydrogen-bond acceptors (Lipinski definition) is 6. The Hall–Kier alpha value is -3.91. The number of carbonyl (C=O) groups is 1. The molecule has 0 saturated carbocycles. The van der Waals surface area contributed by atoms with E-state index in [9.17, 15) is 14.4 Å². The quantitative estimate of drug-likeness (QED) is 0.476. The first-order valence-electron chi connectivity index (χ1n) is 9.16. The number of benzene rings is 2. The molecule has 2 aromatic heterocycles. The van der Waals surface area contributed by atoms with E-state index in [-0.39, 0.29) is 21.1 Å². The monoisotopic (exact) mass is 414 g/mol. The molecule has 1 aliphatic rings. The lowest BCUT2D eigenvalue weighted by molar-refractivity contribution is -0.112. The van der Waals surface area contributed by atoms with Crippen LogP contribution >= 0.6 is 11.3 Å². The summed E-state index contributed by atoms with van der Waals surface area (Å²) in [5.74, 6) is -0.286. The van der Waals surface area contributed by atoms with Crippen LogP contribution in [-0.4, -0.2) is 27.0 Å². The number of para-hydroxylation sites is 1. The zero-order valence-corrected chi connectivity index (χ0v) is 16.4. The molecule has 30 heavy (non-hydrogen) atoms. The molecular weight excluding hydrogens is 400 g/mol. The van der Waals surface area contributed by atoms with E-state index in [1.54, 1.807) is 41.3 Å². The van der Waals surface area contributed by atoms with Crippen molar-refractivity contribution in [3.8, 4) is 11.3 Å². The molecule has 1 amide bonds. The smallest absolute Gasteiger partial charge is 0.300 e. The third-order valence-electron chi connectivity index (χ3n) is 4.87. The predicted molar refractivity (Wildman–Crippen MR) is 116 cm³/mol. The average molecular weight is 414 g/mol. The molecule has 146 valence electrons. The molecule has 0 unspecified atom stereocenters. The summed E-state index contributed by atoms with van der Waals surface area (Å²) in [4.78, 5) is 44.6. The Balaban J connectivity index is 1.82. The van der Waals surface area contributed by atoms with E-state index < -0.39 is 11.1 Å². The van der Waals surface area contributed by atoms with Crippen molar-refractivity contribution in [1.82, 2.24) is 14.6 Å². The van der Waals surface area contributed by atoms with E-state index in [2.05, 4.69) is 16.7 Å². The molecule has 0 fully saturated rings. The van der Waals surface area contributed by atoms with Gasteiger partial charge in [0.15, 0.2) is 5.69 Å². The zero-order chi connectivity index (χ0) is 20.8. The van der Waals surface area contributed by atoms with Crippen LogP contribution in [0, 0.1) is 0 Å². The van der Waals surface area contributed by atoms with Crippen LogP contribution in [0.3, 0.4) is 0 Å². The summed E-state index contributed by atoms with van der Waals surface area (Å²) in [7, 11) is 0. The van der Waals surface area contributed by atoms with Crippen molar-refractivity contribution in [3.63, 3.8) is 0 Å². The number of hydrogen-bond donors (Lipinski definition) is 0. The fraction of sp³-hybridized carbons (Fsp3) is 0.0455. The molecule has 0 spiro atoms. The largest absolute Gasteiger partial charge is 0.304 e. The fourth-order valence-corrected chi connectivity index (χ4v) is 4.54. The van der Waals surface area contributed by atoms with Gasteiger partial charge >= 0.3 is 5.56 Å². The first-order chi connectivity index (χ1) is 14.6. The summed E-state index contributed by atoms with van der Waals surface area (Å²) in [5, 5.41) is 4.26. The van der Waals surface area contributed by atoms with E-state index in [1.807, 2.05) is 24.3 Å². The van der Waals surface area contributed by atoms with Gasteiger partial charge in [-0.3, -0.25) is 14.4 Å². The molecule has 0 bridgehead atoms. The van der Waals surface area contributed by atoms with Gasteiger partial charge in [0.05, 0.1) is 11.3 Å². The van der Waals surface area contributed by atoms with Crippen molar-refractivity contribution in [1.29, 1.82) is 0 Å². The lowest BCUT2D eigenvalue weighted by Gasteiger charge is -2.13. The highest BCUT2D eigenvalue weighted by atomic mass is 32.1. The van der Waals surface area contributed by atoms with Gasteiger partial charge in [-0.25, -0.2) is 0 Å². The van der Waals surface area contributed by atoms with E-state index >= 15 is 0 Å². The normalized spacial score (nSPS) is 14.9. The van der Waals surface area contributed by atoms with E-state index in [4.69, 9.17) is 0 Å². The number of anilines is 1. The van der Waals surface area contributed by atoms with Crippen LogP contribution in [0.25, 0.3) is 21.8 Å². The second-order valence-electron chi connectivity index (χ2n) is 6.66. The maximum absolute atomic E-state index is 13.2. The third-order valence-corrected chi connectivity index (χ3v) is 5.90. The SMILES string of the molecule is C=CCN1C(=O)/C(=c2\sc3nc(=O)c(-c4ccccc4)nn3c2=O)c2ccccc21. The van der Waals surface area contributed by atoms with Gasteiger partial charge < -0.3 is 4.90 Å². The number of amides is 1. The maximum Gasteiger partial charge on any atom is 0.300 e. The number of aromatic nitrogens is 3. The molecule has 0 atom stereocenters. The van der Waals surface area contributed by atoms with Crippen molar-refractivity contribution in [2.45, 2.75) is 0 Å². The topological polar surface area (TPSA) is 84.6 Å². The van der Waals surface area contributed by atoms with Crippen LogP contribution in [0.5, 0.6) is 0 Å². The second-order valence-corrected chi connectivity index (χ2v) is 7.64. The highest BCUT2D eigenvalue weighted by Crippen LogP contribution is 2.34. The standard InChI is InChI=1S/C22H14N4O3S/c1-2-12-25-15-11-7-6-10-14(15)16(20(25)28)18-21(29)26-22(30-18)23-19(27)17(24-26)13-8-4-3-5-9-13/h2-11H,1,12H2/b18-16-. The average Bonchev–Trinajstić information content (AvgIpc) is 3.22. The van der Waals surface area contributed by atoms with Gasteiger partial charge in [-0.15, -0.1) is 6.58 Å². The molecule has 0 saturated heterocycles. The number of rotatable bonds is 3. The summed E-state index contributed by atoms with van der Waals surface area (Å²) in [6.45, 7) is 4.03. The zero-order valence-electron chi connectivity index (χ0n) is 15.6. The Morgan fingerprint density at radius 1 is 1.00 bits per heavy atom. The molecule has 8 heteroatoms. The number of carbonyl (C=O) groups excluding carboxylic acids is 1. The maximum atomic E-state index is 13.2. The predicted octanol–water partition coefficient (Wildman–Crippen LogP) is 1.63. The van der Waals surface area contributed by atoms with Crippen LogP contribution in [0.15, 0.2) is 76.8 Å². The van der Waals surface area contributed by atoms with Gasteiger partial charge in [0, 0.05) is 17.7 Å². The van der Waals surface area contributed by atoms with Gasteiger partial charge in [-0.05, 0) is 6.07 Å². The molecule has 1 aliphatic heterocycles. The van der Waals surface area contributed by atoms with Crippen LogP contribution < -0.4 is 20.6 Å². The first kappa shape index (κ1) is 18.1. The first-order valence-corrected chi connectivity index (χ1v) is 9.97. The van der Waals surface area contributed by atoms with E-state index in [1.165, 1.54) is 0 Å². The van der Waals surface area contributed by atoms with E-state index in [0.717, 1.165) is 21.5 Å². The Morgan fingerprint density at radius 3 is 2.50 bits per heavy atom. The summed E-state index contributed by atoms with van der Waals surface area (Å²) < 4.78 is 1.31. The van der Waals surface area contributed by atoms with Crippen molar-refractivity contribution in [2.24, 2.45) is 0 Å². The molecule has 2 aromatic carbocycles.